The lowest BCUT2D eigenvalue weighted by atomic mass is 9.98. The highest BCUT2D eigenvalue weighted by Crippen LogP contribution is 2.44. The lowest BCUT2D eigenvalue weighted by Crippen LogP contribution is -2.47. The normalized spacial score (nSPS) is 13.8. The Kier molecular flexibility index (Phi) is 6.92. The van der Waals surface area contributed by atoms with Crippen LogP contribution < -0.4 is 10.6 Å². The Bertz CT molecular complexity index is 1150. The summed E-state index contributed by atoms with van der Waals surface area (Å²) in [6.45, 7) is 1.77. The van der Waals surface area contributed by atoms with Crippen molar-refractivity contribution in [3.8, 4) is 11.1 Å². The fraction of sp³-hybridized carbons (Fsp3) is 0.222. The van der Waals surface area contributed by atoms with E-state index in [4.69, 9.17) is 4.74 Å². The molecular weight excluding hydrogens is 432 g/mol. The fourth-order valence-electron chi connectivity index (χ4n) is 4.30. The molecule has 174 valence electrons. The summed E-state index contributed by atoms with van der Waals surface area (Å²) in [4.78, 5) is 37.0. The van der Waals surface area contributed by atoms with Crippen LogP contribution in [0, 0.1) is 0 Å². The van der Waals surface area contributed by atoms with Crippen LogP contribution in [-0.2, 0) is 14.3 Å². The number of amides is 2. The van der Waals surface area contributed by atoms with E-state index in [0.717, 1.165) is 22.3 Å². The number of aliphatic carboxylic acids is 1. The number of carboxylic acids is 1. The van der Waals surface area contributed by atoms with Gasteiger partial charge in [-0.2, -0.15) is 0 Å². The van der Waals surface area contributed by atoms with Crippen LogP contribution in [0.4, 0.5) is 4.79 Å². The first-order chi connectivity index (χ1) is 16.5. The largest absolute Gasteiger partial charge is 0.480 e. The molecule has 1 aliphatic rings. The second kappa shape index (κ2) is 10.2. The maximum absolute atomic E-state index is 12.9. The van der Waals surface area contributed by atoms with E-state index in [2.05, 4.69) is 22.8 Å². The van der Waals surface area contributed by atoms with E-state index in [9.17, 15) is 19.5 Å². The van der Waals surface area contributed by atoms with Gasteiger partial charge in [-0.1, -0.05) is 85.8 Å². The molecule has 3 N–H and O–H groups in total. The minimum atomic E-state index is -1.14. The van der Waals surface area contributed by atoms with Crippen LogP contribution in [0.3, 0.4) is 0 Å². The molecule has 7 heteroatoms. The Morgan fingerprint density at radius 3 is 1.97 bits per heavy atom. The van der Waals surface area contributed by atoms with Gasteiger partial charge in [-0.05, 0) is 34.2 Å². The third-order valence-electron chi connectivity index (χ3n) is 6.02. The summed E-state index contributed by atoms with van der Waals surface area (Å²) >= 11 is 0. The maximum atomic E-state index is 12.9. The number of carbonyl (C=O) groups excluding carboxylic acids is 2. The molecule has 2 atom stereocenters. The van der Waals surface area contributed by atoms with Crippen molar-refractivity contribution < 1.29 is 24.2 Å². The standard InChI is InChI=1S/C27H26N2O5/c1-2-23(26(31)32)28-25(30)24(17-10-4-3-5-11-17)29-27(33)34-16-22-20-14-8-6-12-18(20)19-13-7-9-15-21(19)22/h3-15,22-24H,2,16H2,1H3,(H,28,30)(H,29,33)(H,31,32)/t23-,24?/m0/s1. The van der Waals surface area contributed by atoms with Gasteiger partial charge in [0.15, 0.2) is 0 Å². The predicted molar refractivity (Wildman–Crippen MR) is 127 cm³/mol. The van der Waals surface area contributed by atoms with Gasteiger partial charge in [0.05, 0.1) is 0 Å². The molecule has 0 spiro atoms. The number of fused-ring (bicyclic) bond motifs is 3. The zero-order valence-corrected chi connectivity index (χ0v) is 18.7. The number of benzene rings is 3. The van der Waals surface area contributed by atoms with Crippen molar-refractivity contribution >= 4 is 18.0 Å². The molecule has 3 aromatic carbocycles. The first kappa shape index (κ1) is 23.0. The molecule has 0 bridgehead atoms. The highest BCUT2D eigenvalue weighted by atomic mass is 16.5. The van der Waals surface area contributed by atoms with Gasteiger partial charge in [0, 0.05) is 5.92 Å². The van der Waals surface area contributed by atoms with Gasteiger partial charge in [0.1, 0.15) is 18.7 Å². The average molecular weight is 459 g/mol. The number of nitrogens with one attached hydrogen (secondary N) is 2. The van der Waals surface area contributed by atoms with E-state index >= 15 is 0 Å². The number of rotatable bonds is 8. The van der Waals surface area contributed by atoms with Gasteiger partial charge in [-0.3, -0.25) is 4.79 Å². The number of hydrogen-bond acceptors (Lipinski definition) is 4. The zero-order chi connectivity index (χ0) is 24.1. The predicted octanol–water partition coefficient (Wildman–Crippen LogP) is 4.25. The molecule has 0 aromatic heterocycles. The first-order valence-electron chi connectivity index (χ1n) is 11.2. The minimum absolute atomic E-state index is 0.107. The summed E-state index contributed by atoms with van der Waals surface area (Å²) in [5.74, 6) is -1.86. The molecule has 1 unspecified atom stereocenters. The van der Waals surface area contributed by atoms with Crippen molar-refractivity contribution in [3.63, 3.8) is 0 Å². The third-order valence-corrected chi connectivity index (χ3v) is 6.02. The van der Waals surface area contributed by atoms with E-state index in [0.29, 0.717) is 5.56 Å². The second-order valence-corrected chi connectivity index (χ2v) is 8.12. The summed E-state index contributed by atoms with van der Waals surface area (Å²) in [5.41, 5.74) is 4.93. The van der Waals surface area contributed by atoms with Gasteiger partial charge in [0.2, 0.25) is 5.91 Å². The molecule has 0 heterocycles. The number of hydrogen-bond donors (Lipinski definition) is 3. The number of ether oxygens (including phenoxy) is 1. The molecule has 0 saturated carbocycles. The summed E-state index contributed by atoms with van der Waals surface area (Å²) < 4.78 is 5.57. The monoisotopic (exact) mass is 458 g/mol. The van der Waals surface area contributed by atoms with Crippen molar-refractivity contribution in [3.05, 3.63) is 95.6 Å². The summed E-state index contributed by atoms with van der Waals surface area (Å²) in [7, 11) is 0. The van der Waals surface area contributed by atoms with Crippen molar-refractivity contribution in [1.29, 1.82) is 0 Å². The van der Waals surface area contributed by atoms with Gasteiger partial charge in [0.25, 0.3) is 0 Å². The molecule has 34 heavy (non-hydrogen) atoms. The van der Waals surface area contributed by atoms with Crippen LogP contribution in [0.25, 0.3) is 11.1 Å². The molecule has 4 rings (SSSR count). The van der Waals surface area contributed by atoms with Gasteiger partial charge >= 0.3 is 12.1 Å². The lowest BCUT2D eigenvalue weighted by molar-refractivity contribution is -0.142. The van der Waals surface area contributed by atoms with Gasteiger partial charge in [-0.25, -0.2) is 9.59 Å². The zero-order valence-electron chi connectivity index (χ0n) is 18.7. The fourth-order valence-corrected chi connectivity index (χ4v) is 4.30. The average Bonchev–Trinajstić information content (AvgIpc) is 3.18. The van der Waals surface area contributed by atoms with E-state index in [1.165, 1.54) is 0 Å². The van der Waals surface area contributed by atoms with E-state index in [1.54, 1.807) is 37.3 Å². The maximum Gasteiger partial charge on any atom is 0.408 e. The smallest absolute Gasteiger partial charge is 0.408 e. The molecule has 0 fully saturated rings. The number of carboxylic acid groups (broad SMARTS) is 1. The topological polar surface area (TPSA) is 105 Å². The van der Waals surface area contributed by atoms with Crippen molar-refractivity contribution in [1.82, 2.24) is 10.6 Å². The Hall–Kier alpha value is -4.13. The molecule has 2 amide bonds. The van der Waals surface area contributed by atoms with Crippen LogP contribution in [-0.4, -0.2) is 35.7 Å². The molecule has 3 aromatic rings. The number of alkyl carbamates (subject to hydrolysis) is 1. The molecular formula is C27H26N2O5. The summed E-state index contributed by atoms with van der Waals surface area (Å²) in [6, 6.07) is 22.5. The SMILES string of the molecule is CC[C@H](NC(=O)C(NC(=O)OCC1c2ccccc2-c2ccccc21)c1ccccc1)C(=O)O. The van der Waals surface area contributed by atoms with E-state index in [-0.39, 0.29) is 18.9 Å². The Labute approximate surface area is 197 Å². The summed E-state index contributed by atoms with van der Waals surface area (Å²) in [6.07, 6.45) is -0.540. The van der Waals surface area contributed by atoms with Gasteiger partial charge in [-0.15, -0.1) is 0 Å². The highest BCUT2D eigenvalue weighted by molar-refractivity contribution is 5.90. The first-order valence-corrected chi connectivity index (χ1v) is 11.2. The second-order valence-electron chi connectivity index (χ2n) is 8.12. The molecule has 1 aliphatic carbocycles. The van der Waals surface area contributed by atoms with E-state index < -0.39 is 30.1 Å². The summed E-state index contributed by atoms with van der Waals surface area (Å²) in [5, 5.41) is 14.4. The van der Waals surface area contributed by atoms with Crippen molar-refractivity contribution in [2.24, 2.45) is 0 Å². The third kappa shape index (κ3) is 4.78. The molecule has 0 radical (unpaired) electrons. The highest BCUT2D eigenvalue weighted by Gasteiger charge is 2.31. The Morgan fingerprint density at radius 1 is 0.853 bits per heavy atom. The van der Waals surface area contributed by atoms with Crippen LogP contribution in [0.15, 0.2) is 78.9 Å². The van der Waals surface area contributed by atoms with E-state index in [1.807, 2.05) is 36.4 Å². The van der Waals surface area contributed by atoms with Crippen LogP contribution in [0.5, 0.6) is 0 Å². The lowest BCUT2D eigenvalue weighted by Gasteiger charge is -2.22. The molecule has 7 nitrogen and oxygen atoms in total. The van der Waals surface area contributed by atoms with Crippen molar-refractivity contribution in [2.45, 2.75) is 31.3 Å². The van der Waals surface area contributed by atoms with Crippen LogP contribution >= 0.6 is 0 Å². The van der Waals surface area contributed by atoms with Crippen LogP contribution in [0.2, 0.25) is 0 Å². The number of carbonyl (C=O) groups is 3. The molecule has 0 aliphatic heterocycles. The minimum Gasteiger partial charge on any atom is -0.480 e. The van der Waals surface area contributed by atoms with Crippen LogP contribution in [0.1, 0.15) is 42.0 Å². The Balaban J connectivity index is 1.48. The van der Waals surface area contributed by atoms with Crippen molar-refractivity contribution in [2.75, 3.05) is 6.61 Å². The Morgan fingerprint density at radius 2 is 1.41 bits per heavy atom. The molecule has 0 saturated heterocycles. The van der Waals surface area contributed by atoms with Gasteiger partial charge < -0.3 is 20.5 Å². The quantitative estimate of drug-likeness (QED) is 0.468.